The number of rotatable bonds is 4. The third kappa shape index (κ3) is 4.03. The van der Waals surface area contributed by atoms with E-state index in [2.05, 4.69) is 19.2 Å². The number of benzene rings is 1. The molecule has 1 fully saturated rings. The minimum Gasteiger partial charge on any atom is -0.493 e. The maximum absolute atomic E-state index is 12.1. The molecule has 0 amide bonds. The molecule has 1 saturated heterocycles. The smallest absolute Gasteiger partial charge is 0.253 e. The van der Waals surface area contributed by atoms with Gasteiger partial charge in [-0.05, 0) is 63.9 Å². The highest BCUT2D eigenvalue weighted by molar-refractivity contribution is 5.70. The molecule has 1 N–H and O–H groups in total. The van der Waals surface area contributed by atoms with Crippen molar-refractivity contribution in [1.82, 2.24) is 9.88 Å². The van der Waals surface area contributed by atoms with Gasteiger partial charge in [0.15, 0.2) is 11.5 Å². The molecule has 0 spiro atoms. The van der Waals surface area contributed by atoms with Crippen molar-refractivity contribution in [2.75, 3.05) is 13.7 Å². The van der Waals surface area contributed by atoms with Crippen molar-refractivity contribution in [3.63, 3.8) is 0 Å². The van der Waals surface area contributed by atoms with Crippen LogP contribution in [0.15, 0.2) is 29.2 Å². The highest BCUT2D eigenvalue weighted by Crippen LogP contribution is 2.35. The molecule has 0 saturated carbocycles. The highest BCUT2D eigenvalue weighted by Gasteiger charge is 2.29. The number of nitrogens with one attached hydrogen (secondary N) is 1. The Labute approximate surface area is 161 Å². The van der Waals surface area contributed by atoms with Crippen LogP contribution >= 0.6 is 0 Å². The third-order valence-corrected chi connectivity index (χ3v) is 5.51. The Hall–Kier alpha value is -2.27. The van der Waals surface area contributed by atoms with Crippen LogP contribution in [0.2, 0.25) is 0 Å². The number of hydrogen-bond acceptors (Lipinski definition) is 4. The number of piperidine rings is 1. The fourth-order valence-electron chi connectivity index (χ4n) is 3.79. The zero-order chi connectivity index (χ0) is 19.8. The predicted molar refractivity (Wildman–Crippen MR) is 109 cm³/mol. The van der Waals surface area contributed by atoms with Crippen LogP contribution in [-0.4, -0.2) is 29.9 Å². The van der Waals surface area contributed by atoms with Crippen molar-refractivity contribution in [2.24, 2.45) is 7.05 Å². The van der Waals surface area contributed by atoms with Crippen molar-refractivity contribution in [2.45, 2.75) is 52.2 Å². The van der Waals surface area contributed by atoms with E-state index in [4.69, 9.17) is 9.47 Å². The molecule has 1 atom stereocenters. The quantitative estimate of drug-likeness (QED) is 0.894. The molecule has 27 heavy (non-hydrogen) atoms. The standard InChI is InChI=1S/C22H30N2O3/c1-14-15(2)21(25)24(5)13-18(14)16-7-8-19(20(11-16)26-6)27-17-9-10-23-22(3,4)12-17/h7-8,11,13,17,23H,9-10,12H2,1-6H3. The normalized spacial score (nSPS) is 19.0. The van der Waals surface area contributed by atoms with Gasteiger partial charge in [-0.3, -0.25) is 4.79 Å². The second kappa shape index (κ2) is 7.39. The van der Waals surface area contributed by atoms with Crippen LogP contribution in [0.25, 0.3) is 11.1 Å². The molecular formula is C22H30N2O3. The van der Waals surface area contributed by atoms with Gasteiger partial charge in [-0.1, -0.05) is 6.07 Å². The predicted octanol–water partition coefficient (Wildman–Crippen LogP) is 3.59. The number of aromatic nitrogens is 1. The van der Waals surface area contributed by atoms with Gasteiger partial charge in [0.1, 0.15) is 6.10 Å². The van der Waals surface area contributed by atoms with E-state index in [1.165, 1.54) is 0 Å². The van der Waals surface area contributed by atoms with Crippen molar-refractivity contribution >= 4 is 0 Å². The molecule has 2 aromatic rings. The minimum atomic E-state index is 0.0386. The van der Waals surface area contributed by atoms with E-state index >= 15 is 0 Å². The zero-order valence-electron chi connectivity index (χ0n) is 17.2. The SMILES string of the molecule is COc1cc(-c2cn(C)c(=O)c(C)c2C)ccc1OC1CCNC(C)(C)C1. The maximum Gasteiger partial charge on any atom is 0.253 e. The van der Waals surface area contributed by atoms with Gasteiger partial charge in [-0.25, -0.2) is 0 Å². The third-order valence-electron chi connectivity index (χ3n) is 5.51. The van der Waals surface area contributed by atoms with Crippen LogP contribution < -0.4 is 20.3 Å². The fourth-order valence-corrected chi connectivity index (χ4v) is 3.79. The molecule has 146 valence electrons. The molecule has 1 aliphatic heterocycles. The van der Waals surface area contributed by atoms with Crippen LogP contribution in [0.3, 0.4) is 0 Å². The second-order valence-corrected chi connectivity index (χ2v) is 8.12. The van der Waals surface area contributed by atoms with E-state index in [-0.39, 0.29) is 17.2 Å². The Morgan fingerprint density at radius 2 is 1.93 bits per heavy atom. The minimum absolute atomic E-state index is 0.0386. The number of hydrogen-bond donors (Lipinski definition) is 1. The Kier molecular flexibility index (Phi) is 5.33. The molecule has 0 bridgehead atoms. The Morgan fingerprint density at radius 1 is 1.19 bits per heavy atom. The summed E-state index contributed by atoms with van der Waals surface area (Å²) < 4.78 is 13.5. The van der Waals surface area contributed by atoms with Crippen LogP contribution in [0.5, 0.6) is 11.5 Å². The summed E-state index contributed by atoms with van der Waals surface area (Å²) >= 11 is 0. The van der Waals surface area contributed by atoms with Crippen molar-refractivity contribution in [3.05, 3.63) is 45.9 Å². The zero-order valence-corrected chi connectivity index (χ0v) is 17.2. The van der Waals surface area contributed by atoms with Gasteiger partial charge in [0.25, 0.3) is 5.56 Å². The van der Waals surface area contributed by atoms with E-state index in [1.807, 2.05) is 38.2 Å². The average Bonchev–Trinajstić information content (AvgIpc) is 2.62. The Bertz CT molecular complexity index is 899. The van der Waals surface area contributed by atoms with E-state index < -0.39 is 0 Å². The van der Waals surface area contributed by atoms with E-state index in [0.717, 1.165) is 53.1 Å². The van der Waals surface area contributed by atoms with Crippen molar-refractivity contribution in [1.29, 1.82) is 0 Å². The monoisotopic (exact) mass is 370 g/mol. The summed E-state index contributed by atoms with van der Waals surface area (Å²) in [5.41, 5.74) is 3.93. The molecule has 2 heterocycles. The average molecular weight is 370 g/mol. The Balaban J connectivity index is 1.93. The second-order valence-electron chi connectivity index (χ2n) is 8.12. The summed E-state index contributed by atoms with van der Waals surface area (Å²) in [5.74, 6) is 1.48. The van der Waals surface area contributed by atoms with Crippen LogP contribution in [0, 0.1) is 13.8 Å². The number of aryl methyl sites for hydroxylation is 1. The molecule has 1 aliphatic rings. The lowest BCUT2D eigenvalue weighted by atomic mass is 9.91. The van der Waals surface area contributed by atoms with Gasteiger partial charge in [-0.2, -0.15) is 0 Å². The first-order valence-corrected chi connectivity index (χ1v) is 9.49. The summed E-state index contributed by atoms with van der Waals surface area (Å²) in [4.78, 5) is 12.1. The fraction of sp³-hybridized carbons (Fsp3) is 0.500. The number of methoxy groups -OCH3 is 1. The highest BCUT2D eigenvalue weighted by atomic mass is 16.5. The van der Waals surface area contributed by atoms with Crippen LogP contribution in [0.4, 0.5) is 0 Å². The van der Waals surface area contributed by atoms with Crippen LogP contribution in [0.1, 0.15) is 37.8 Å². The van der Waals surface area contributed by atoms with Crippen LogP contribution in [-0.2, 0) is 7.05 Å². The molecule has 1 aromatic carbocycles. The van der Waals surface area contributed by atoms with Gasteiger partial charge in [0.05, 0.1) is 7.11 Å². The number of pyridine rings is 1. The summed E-state index contributed by atoms with van der Waals surface area (Å²) in [6, 6.07) is 6.01. The summed E-state index contributed by atoms with van der Waals surface area (Å²) in [7, 11) is 3.45. The lowest BCUT2D eigenvalue weighted by Crippen LogP contribution is -2.49. The van der Waals surface area contributed by atoms with Gasteiger partial charge >= 0.3 is 0 Å². The Morgan fingerprint density at radius 3 is 2.59 bits per heavy atom. The number of ether oxygens (including phenoxy) is 2. The van der Waals surface area contributed by atoms with Gasteiger partial charge in [0.2, 0.25) is 0 Å². The molecule has 1 unspecified atom stereocenters. The maximum atomic E-state index is 12.1. The first-order chi connectivity index (χ1) is 12.7. The van der Waals surface area contributed by atoms with Crippen molar-refractivity contribution < 1.29 is 9.47 Å². The molecule has 5 heteroatoms. The summed E-state index contributed by atoms with van der Waals surface area (Å²) in [5, 5.41) is 3.52. The van der Waals surface area contributed by atoms with E-state index in [1.54, 1.807) is 18.7 Å². The topological polar surface area (TPSA) is 52.5 Å². The largest absolute Gasteiger partial charge is 0.493 e. The lowest BCUT2D eigenvalue weighted by molar-refractivity contribution is 0.109. The van der Waals surface area contributed by atoms with E-state index in [0.29, 0.717) is 0 Å². The summed E-state index contributed by atoms with van der Waals surface area (Å²) in [6.07, 6.45) is 3.99. The van der Waals surface area contributed by atoms with Gasteiger partial charge in [-0.15, -0.1) is 0 Å². The molecule has 5 nitrogen and oxygen atoms in total. The van der Waals surface area contributed by atoms with Gasteiger partial charge < -0.3 is 19.4 Å². The first kappa shape index (κ1) is 19.5. The molecule has 3 rings (SSSR count). The van der Waals surface area contributed by atoms with Gasteiger partial charge in [0, 0.05) is 36.3 Å². The van der Waals surface area contributed by atoms with E-state index in [9.17, 15) is 4.79 Å². The summed E-state index contributed by atoms with van der Waals surface area (Å²) in [6.45, 7) is 9.21. The van der Waals surface area contributed by atoms with Crippen molar-refractivity contribution in [3.8, 4) is 22.6 Å². The molecule has 1 aromatic heterocycles. The lowest BCUT2D eigenvalue weighted by Gasteiger charge is -2.36. The molecule has 0 aliphatic carbocycles. The first-order valence-electron chi connectivity index (χ1n) is 9.49. The molecule has 0 radical (unpaired) electrons. The molecular weight excluding hydrogens is 340 g/mol. The number of nitrogens with zero attached hydrogens (tertiary/aromatic N) is 1.